The van der Waals surface area contributed by atoms with Gasteiger partial charge in [0.2, 0.25) is 0 Å². The summed E-state index contributed by atoms with van der Waals surface area (Å²) in [6.07, 6.45) is 2.52. The zero-order chi connectivity index (χ0) is 12.5. The number of hydrogen-bond donors (Lipinski definition) is 1. The maximum absolute atomic E-state index is 5.65. The van der Waals surface area contributed by atoms with Crippen LogP contribution in [0.2, 0.25) is 0 Å². The molecule has 0 bridgehead atoms. The van der Waals surface area contributed by atoms with Crippen LogP contribution in [0.5, 0.6) is 0 Å². The molecule has 2 nitrogen and oxygen atoms in total. The van der Waals surface area contributed by atoms with Crippen LogP contribution in [0.3, 0.4) is 0 Å². The molecule has 0 saturated carbocycles. The molecule has 1 saturated heterocycles. The normalized spacial score (nSPS) is 19.4. The van der Waals surface area contributed by atoms with Gasteiger partial charge in [-0.2, -0.15) is 0 Å². The summed E-state index contributed by atoms with van der Waals surface area (Å²) < 4.78 is 1.17. The topological polar surface area (TPSA) is 29.3 Å². The number of rotatable bonds is 2. The molecule has 1 heterocycles. The largest absolute Gasteiger partial charge is 0.371 e. The molecular formula is C14H21BrN2. The fourth-order valence-electron chi connectivity index (χ4n) is 2.29. The van der Waals surface area contributed by atoms with Crippen LogP contribution in [-0.2, 0) is 6.54 Å². The number of anilines is 1. The second-order valence-electron chi connectivity index (χ2n) is 5.64. The lowest BCUT2D eigenvalue weighted by atomic mass is 9.82. The highest BCUT2D eigenvalue weighted by Gasteiger charge is 2.26. The summed E-state index contributed by atoms with van der Waals surface area (Å²) in [5.74, 6) is 0. The molecule has 0 amide bonds. The van der Waals surface area contributed by atoms with Crippen molar-refractivity contribution < 1.29 is 0 Å². The van der Waals surface area contributed by atoms with Gasteiger partial charge in [0.15, 0.2) is 0 Å². The van der Waals surface area contributed by atoms with Crippen molar-refractivity contribution in [2.75, 3.05) is 18.0 Å². The van der Waals surface area contributed by atoms with E-state index in [-0.39, 0.29) is 0 Å². The molecule has 0 radical (unpaired) electrons. The first kappa shape index (κ1) is 12.9. The first-order valence-electron chi connectivity index (χ1n) is 6.25. The highest BCUT2D eigenvalue weighted by atomic mass is 79.9. The number of piperidine rings is 1. The Kier molecular flexibility index (Phi) is 3.79. The van der Waals surface area contributed by atoms with Gasteiger partial charge in [-0.05, 0) is 51.9 Å². The molecule has 0 spiro atoms. The predicted octanol–water partition coefficient (Wildman–Crippen LogP) is 3.53. The smallest absolute Gasteiger partial charge is 0.0510 e. The third-order valence-corrected chi connectivity index (χ3v) is 4.34. The van der Waals surface area contributed by atoms with Crippen LogP contribution in [0.25, 0.3) is 0 Å². The molecule has 0 aliphatic carbocycles. The van der Waals surface area contributed by atoms with Crippen molar-refractivity contribution in [3.05, 3.63) is 28.2 Å². The Labute approximate surface area is 112 Å². The Morgan fingerprint density at radius 3 is 2.47 bits per heavy atom. The van der Waals surface area contributed by atoms with Crippen molar-refractivity contribution in [1.29, 1.82) is 0 Å². The van der Waals surface area contributed by atoms with E-state index in [1.54, 1.807) is 0 Å². The SMILES string of the molecule is CC1(C)CCN(c2ccc(CN)cc2Br)CC1. The summed E-state index contributed by atoms with van der Waals surface area (Å²) >= 11 is 3.65. The molecular weight excluding hydrogens is 276 g/mol. The van der Waals surface area contributed by atoms with Gasteiger partial charge in [0.05, 0.1) is 5.69 Å². The van der Waals surface area contributed by atoms with Crippen LogP contribution < -0.4 is 10.6 Å². The van der Waals surface area contributed by atoms with Crippen LogP contribution in [0, 0.1) is 5.41 Å². The fourth-order valence-corrected chi connectivity index (χ4v) is 2.96. The van der Waals surface area contributed by atoms with E-state index in [1.807, 2.05) is 0 Å². The summed E-state index contributed by atoms with van der Waals surface area (Å²) in [5.41, 5.74) is 8.63. The maximum Gasteiger partial charge on any atom is 0.0510 e. The Hall–Kier alpha value is -0.540. The van der Waals surface area contributed by atoms with Gasteiger partial charge in [-0.25, -0.2) is 0 Å². The van der Waals surface area contributed by atoms with Gasteiger partial charge < -0.3 is 10.6 Å². The van der Waals surface area contributed by atoms with Crippen LogP contribution in [0.15, 0.2) is 22.7 Å². The zero-order valence-corrected chi connectivity index (χ0v) is 12.3. The van der Waals surface area contributed by atoms with Crippen molar-refractivity contribution in [1.82, 2.24) is 0 Å². The van der Waals surface area contributed by atoms with E-state index in [4.69, 9.17) is 5.73 Å². The lowest BCUT2D eigenvalue weighted by molar-refractivity contribution is 0.279. The fraction of sp³-hybridized carbons (Fsp3) is 0.571. The molecule has 1 aliphatic heterocycles. The van der Waals surface area contributed by atoms with Crippen LogP contribution in [0.1, 0.15) is 32.3 Å². The van der Waals surface area contributed by atoms with Crippen molar-refractivity contribution in [2.24, 2.45) is 11.1 Å². The van der Waals surface area contributed by atoms with E-state index in [1.165, 1.54) is 28.6 Å². The Morgan fingerprint density at radius 2 is 1.94 bits per heavy atom. The molecule has 3 heteroatoms. The summed E-state index contributed by atoms with van der Waals surface area (Å²) in [5, 5.41) is 0. The van der Waals surface area contributed by atoms with Gasteiger partial charge in [0.25, 0.3) is 0 Å². The van der Waals surface area contributed by atoms with Crippen LogP contribution in [0.4, 0.5) is 5.69 Å². The van der Waals surface area contributed by atoms with Crippen molar-refractivity contribution in [2.45, 2.75) is 33.2 Å². The van der Waals surface area contributed by atoms with E-state index in [2.05, 4.69) is 52.9 Å². The van der Waals surface area contributed by atoms with Gasteiger partial charge >= 0.3 is 0 Å². The van der Waals surface area contributed by atoms with E-state index in [0.29, 0.717) is 12.0 Å². The highest BCUT2D eigenvalue weighted by Crippen LogP contribution is 2.35. The Bertz CT molecular complexity index is 391. The summed E-state index contributed by atoms with van der Waals surface area (Å²) in [6.45, 7) is 7.61. The monoisotopic (exact) mass is 296 g/mol. The minimum atomic E-state index is 0.500. The predicted molar refractivity (Wildman–Crippen MR) is 77.3 cm³/mol. The second-order valence-corrected chi connectivity index (χ2v) is 6.50. The quantitative estimate of drug-likeness (QED) is 0.904. The van der Waals surface area contributed by atoms with Crippen LogP contribution in [-0.4, -0.2) is 13.1 Å². The minimum Gasteiger partial charge on any atom is -0.371 e. The minimum absolute atomic E-state index is 0.500. The lowest BCUT2D eigenvalue weighted by Crippen LogP contribution is -2.37. The highest BCUT2D eigenvalue weighted by molar-refractivity contribution is 9.10. The molecule has 1 fully saturated rings. The average Bonchev–Trinajstić information content (AvgIpc) is 2.29. The van der Waals surface area contributed by atoms with Crippen molar-refractivity contribution in [3.63, 3.8) is 0 Å². The molecule has 1 aliphatic rings. The molecule has 2 rings (SSSR count). The van der Waals surface area contributed by atoms with Gasteiger partial charge in [0.1, 0.15) is 0 Å². The first-order chi connectivity index (χ1) is 8.02. The van der Waals surface area contributed by atoms with Crippen molar-refractivity contribution >= 4 is 21.6 Å². The number of halogens is 1. The van der Waals surface area contributed by atoms with E-state index < -0.39 is 0 Å². The number of hydrogen-bond acceptors (Lipinski definition) is 2. The zero-order valence-electron chi connectivity index (χ0n) is 10.7. The van der Waals surface area contributed by atoms with Gasteiger partial charge in [-0.1, -0.05) is 19.9 Å². The molecule has 94 valence electrons. The van der Waals surface area contributed by atoms with Gasteiger partial charge in [-0.3, -0.25) is 0 Å². The van der Waals surface area contributed by atoms with Crippen molar-refractivity contribution in [3.8, 4) is 0 Å². The molecule has 2 N–H and O–H groups in total. The Balaban J connectivity index is 2.13. The maximum atomic E-state index is 5.65. The van der Waals surface area contributed by atoms with E-state index in [0.717, 1.165) is 13.1 Å². The van der Waals surface area contributed by atoms with Gasteiger partial charge in [0, 0.05) is 24.1 Å². The van der Waals surface area contributed by atoms with Gasteiger partial charge in [-0.15, -0.1) is 0 Å². The summed E-state index contributed by atoms with van der Waals surface area (Å²) in [7, 11) is 0. The number of nitrogens with zero attached hydrogens (tertiary/aromatic N) is 1. The number of benzene rings is 1. The molecule has 17 heavy (non-hydrogen) atoms. The van der Waals surface area contributed by atoms with Crippen LogP contribution >= 0.6 is 15.9 Å². The third-order valence-electron chi connectivity index (χ3n) is 3.71. The molecule has 1 aromatic carbocycles. The second kappa shape index (κ2) is 4.99. The summed E-state index contributed by atoms with van der Waals surface area (Å²) in [6, 6.07) is 6.44. The molecule has 0 unspecified atom stereocenters. The molecule has 1 aromatic rings. The van der Waals surface area contributed by atoms with E-state index >= 15 is 0 Å². The number of nitrogens with two attached hydrogens (primary N) is 1. The molecule has 0 atom stereocenters. The lowest BCUT2D eigenvalue weighted by Gasteiger charge is -2.38. The first-order valence-corrected chi connectivity index (χ1v) is 7.04. The summed E-state index contributed by atoms with van der Waals surface area (Å²) in [4.78, 5) is 2.47. The Morgan fingerprint density at radius 1 is 1.29 bits per heavy atom. The standard InChI is InChI=1S/C14H21BrN2/c1-14(2)5-7-17(8-6-14)13-4-3-11(10-16)9-12(13)15/h3-4,9H,5-8,10,16H2,1-2H3. The van der Waals surface area contributed by atoms with E-state index in [9.17, 15) is 0 Å². The average molecular weight is 297 g/mol. The third kappa shape index (κ3) is 3.02. The molecule has 0 aromatic heterocycles.